The summed E-state index contributed by atoms with van der Waals surface area (Å²) in [5.41, 5.74) is 0. The van der Waals surface area contributed by atoms with Crippen molar-refractivity contribution < 1.29 is 193 Å². The Kier molecular flexibility index (Phi) is 3830. The van der Waals surface area contributed by atoms with Gasteiger partial charge in [-0.2, -0.15) is 0 Å². The van der Waals surface area contributed by atoms with E-state index in [1.165, 1.54) is 0 Å². The Morgan fingerprint density at radius 1 is 0.412 bits per heavy atom. The van der Waals surface area contributed by atoms with E-state index in [-0.39, 0.29) is 193 Å². The number of hydrogen-bond acceptors (Lipinski definition) is 6. The van der Waals surface area contributed by atoms with Crippen LogP contribution in [0.3, 0.4) is 0 Å². The second kappa shape index (κ2) is 725. The largest absolute Gasteiger partial charge is 6.00 e. The van der Waals surface area contributed by atoms with Crippen LogP contribution in [0.1, 0.15) is 4.28 Å². The van der Waals surface area contributed by atoms with Gasteiger partial charge >= 0.3 is 171 Å². The maximum atomic E-state index is 6.25. The molecule has 0 saturated carbocycles. The molecule has 17 heavy (non-hydrogen) atoms. The van der Waals surface area contributed by atoms with Crippen molar-refractivity contribution in [1.29, 1.82) is 31.6 Å². The Morgan fingerprint density at radius 3 is 0.412 bits per heavy atom. The average molecular weight is 396 g/mol. The molecule has 0 unspecified atom stereocenters. The molecule has 0 spiro atoms. The predicted molar refractivity (Wildman–Crippen MR) is 33.1 cm³/mol. The molecule has 79 valence electrons. The van der Waals surface area contributed by atoms with E-state index in [2.05, 4.69) is 0 Å². The fraction of sp³-hybridized carbons (Fsp3) is 0. The van der Waals surface area contributed by atoms with Crippen LogP contribution in [0.5, 0.6) is 0 Å². The molecule has 0 fully saturated rings. The maximum Gasteiger partial charge on any atom is 6.00 e. The monoisotopic (exact) mass is 395 g/mol. The van der Waals surface area contributed by atoms with Crippen molar-refractivity contribution in [1.82, 2.24) is 0 Å². The number of nitrogens with zero attached hydrogens (tertiary/aromatic N) is 6. The third-order valence-electron chi connectivity index (χ3n) is 0. The number of hydrogen-bond donors (Lipinski definition) is 0. The molecule has 0 aromatic carbocycles. The minimum Gasteiger partial charge on any atom is -1.00 e. The van der Waals surface area contributed by atoms with Crippen LogP contribution in [0, 0.1) is 71.0 Å². The van der Waals surface area contributed by atoms with E-state index in [0.29, 0.717) is 0 Å². The standard InChI is InChI=1S/6CN.Cu.Fe.3K.3H/c6*1-2;;;;;;;;/q6*-1;;+6;3*+1;3*-1. The number of rotatable bonds is 0. The first-order chi connectivity index (χ1) is 6.00. The van der Waals surface area contributed by atoms with Gasteiger partial charge in [0, 0.05) is 17.1 Å². The van der Waals surface area contributed by atoms with E-state index in [1.807, 2.05) is 0 Å². The topological polar surface area (TPSA) is 143 Å². The predicted octanol–water partition coefficient (Wildman–Crippen LogP) is -8.08. The van der Waals surface area contributed by atoms with E-state index < -0.39 is 0 Å². The normalized spacial score (nSPS) is 0.706. The van der Waals surface area contributed by atoms with Crippen molar-refractivity contribution in [3.05, 3.63) is 39.4 Å². The molecule has 0 aromatic heterocycles. The Bertz CT molecular complexity index is 121. The molecule has 0 aliphatic carbocycles. The molecular weight excluding hydrogens is 393 g/mol. The van der Waals surface area contributed by atoms with Crippen molar-refractivity contribution in [2.75, 3.05) is 0 Å². The summed E-state index contributed by atoms with van der Waals surface area (Å²) in [6.45, 7) is 28.5. The van der Waals surface area contributed by atoms with Crippen LogP contribution in [0.4, 0.5) is 0 Å². The van der Waals surface area contributed by atoms with Gasteiger partial charge in [-0.05, 0) is 0 Å². The van der Waals surface area contributed by atoms with Crippen molar-refractivity contribution in [3.63, 3.8) is 0 Å². The molecule has 0 saturated heterocycles. The Hall–Kier alpha value is 2.89. The Morgan fingerprint density at radius 2 is 0.412 bits per heavy atom. The SMILES string of the molecule is [C-]#N.[C-]#N.[C-]#N.[C-]#N.[C-]#N.[C-]#N.[Cu].[Fe+6].[H-].[H-].[H-].[K+].[K+].[K+]. The van der Waals surface area contributed by atoms with Crippen LogP contribution < -0.4 is 154 Å². The van der Waals surface area contributed by atoms with Crippen molar-refractivity contribution >= 4 is 0 Å². The minimum atomic E-state index is 0. The van der Waals surface area contributed by atoms with Crippen LogP contribution >= 0.6 is 0 Å². The van der Waals surface area contributed by atoms with E-state index in [1.54, 1.807) is 0 Å². The first kappa shape index (κ1) is 89.8. The van der Waals surface area contributed by atoms with Crippen molar-refractivity contribution in [2.24, 2.45) is 0 Å². The zero-order chi connectivity index (χ0) is 12.0. The van der Waals surface area contributed by atoms with Gasteiger partial charge < -0.3 is 75.3 Å². The summed E-state index contributed by atoms with van der Waals surface area (Å²) in [6.07, 6.45) is 0. The zero-order valence-electron chi connectivity index (χ0n) is 12.3. The quantitative estimate of drug-likeness (QED) is 0.294. The Balaban J connectivity index is -0.00000000167. The molecular formula is C6H3CuFeK3N6. The molecule has 0 aliphatic heterocycles. The van der Waals surface area contributed by atoms with E-state index in [4.69, 9.17) is 71.0 Å². The zero-order valence-corrected chi connectivity index (χ0v) is 20.8. The molecule has 0 rings (SSSR count). The van der Waals surface area contributed by atoms with Crippen LogP contribution in [-0.4, -0.2) is 0 Å². The van der Waals surface area contributed by atoms with Crippen LogP contribution in [-0.2, 0) is 34.1 Å². The van der Waals surface area contributed by atoms with Gasteiger partial charge in [-0.15, -0.1) is 0 Å². The second-order valence-corrected chi connectivity index (χ2v) is 0. The Labute approximate surface area is 256 Å². The summed E-state index contributed by atoms with van der Waals surface area (Å²) >= 11 is 0. The molecule has 0 bridgehead atoms. The second-order valence-electron chi connectivity index (χ2n) is 0. The van der Waals surface area contributed by atoms with Gasteiger partial charge in [0.1, 0.15) is 0 Å². The molecule has 0 aromatic rings. The van der Waals surface area contributed by atoms with Crippen LogP contribution in [0.25, 0.3) is 0 Å². The van der Waals surface area contributed by atoms with E-state index in [9.17, 15) is 0 Å². The molecule has 0 atom stereocenters. The first-order valence-electron chi connectivity index (χ1n) is 1.34. The van der Waals surface area contributed by atoms with Gasteiger partial charge in [-0.25, -0.2) is 0 Å². The molecule has 6 nitrogen and oxygen atoms in total. The summed E-state index contributed by atoms with van der Waals surface area (Å²) in [7, 11) is 0. The molecule has 0 aliphatic rings. The van der Waals surface area contributed by atoms with Crippen molar-refractivity contribution in [3.8, 4) is 0 Å². The van der Waals surface area contributed by atoms with Gasteiger partial charge in [-0.3, -0.25) is 0 Å². The van der Waals surface area contributed by atoms with Gasteiger partial charge in [0.2, 0.25) is 0 Å². The third kappa shape index (κ3) is 646. The van der Waals surface area contributed by atoms with Gasteiger partial charge in [0.25, 0.3) is 0 Å². The van der Waals surface area contributed by atoms with Gasteiger partial charge in [-0.1, -0.05) is 0 Å². The van der Waals surface area contributed by atoms with Crippen molar-refractivity contribution in [2.45, 2.75) is 0 Å². The average Bonchev–Trinajstić information content (AvgIpc) is 2.33. The van der Waals surface area contributed by atoms with Gasteiger partial charge in [0.05, 0.1) is 0 Å². The summed E-state index contributed by atoms with van der Waals surface area (Å²) in [5, 5.41) is 37.5. The minimum absolute atomic E-state index is 0. The van der Waals surface area contributed by atoms with E-state index in [0.717, 1.165) is 0 Å². The molecule has 0 heterocycles. The summed E-state index contributed by atoms with van der Waals surface area (Å²) in [4.78, 5) is 0. The third-order valence-corrected chi connectivity index (χ3v) is 0. The fourth-order valence-corrected chi connectivity index (χ4v) is 0. The maximum absolute atomic E-state index is 6.25. The van der Waals surface area contributed by atoms with E-state index >= 15 is 0 Å². The molecule has 0 amide bonds. The fourth-order valence-electron chi connectivity index (χ4n) is 0. The smallest absolute Gasteiger partial charge is 1.00 e. The molecule has 11 heteroatoms. The van der Waals surface area contributed by atoms with Gasteiger partial charge in [0.15, 0.2) is 0 Å². The summed E-state index contributed by atoms with van der Waals surface area (Å²) in [6, 6.07) is 0. The summed E-state index contributed by atoms with van der Waals surface area (Å²) in [5.74, 6) is 0. The molecule has 1 radical (unpaired) electrons. The van der Waals surface area contributed by atoms with Crippen LogP contribution in [0.2, 0.25) is 0 Å². The first-order valence-corrected chi connectivity index (χ1v) is 1.34. The van der Waals surface area contributed by atoms with Crippen LogP contribution in [0.15, 0.2) is 0 Å². The summed E-state index contributed by atoms with van der Waals surface area (Å²) < 4.78 is 0. The molecule has 0 N–H and O–H groups in total.